The summed E-state index contributed by atoms with van der Waals surface area (Å²) in [6, 6.07) is 12.8. The summed E-state index contributed by atoms with van der Waals surface area (Å²) < 4.78 is 41.0. The zero-order valence-corrected chi connectivity index (χ0v) is 38.1. The van der Waals surface area contributed by atoms with Gasteiger partial charge in [0.2, 0.25) is 0 Å². The predicted molar refractivity (Wildman–Crippen MR) is 270 cm³/mol. The molecular weight excluding hydrogens is 890 g/mol. The minimum absolute atomic E-state index is 0.153. The molecule has 316 valence electrons. The lowest BCUT2D eigenvalue weighted by Gasteiger charge is -2.31. The van der Waals surface area contributed by atoms with Gasteiger partial charge in [0.1, 0.15) is 11.4 Å². The second kappa shape index (κ2) is 30.5. The van der Waals surface area contributed by atoms with Crippen LogP contribution in [0.15, 0.2) is 47.5 Å². The number of nitriles is 1. The van der Waals surface area contributed by atoms with Crippen molar-refractivity contribution in [1.29, 1.82) is 5.26 Å². The SMILES string of the molecule is CC#CC#CC#CC#CC#CC#CC#CC#CC#CC#CC#CC#CC#CC#CC#CC#CC#N.[C-]#[N+]c1ccc(N2C(=S)N(c3ccc(C)cc3)C(C)(C)C2=NC(=S)NCC)cc1C(F)(F)F. The maximum absolute atomic E-state index is 13.7. The molecule has 0 unspecified atom stereocenters. The molecule has 2 aromatic rings. The molecule has 0 radical (unpaired) electrons. The molecule has 6 nitrogen and oxygen atoms in total. The van der Waals surface area contributed by atoms with E-state index in [0.29, 0.717) is 12.4 Å². The van der Waals surface area contributed by atoms with Gasteiger partial charge in [-0.05, 0) is 131 Å². The Morgan fingerprint density at radius 1 is 0.662 bits per heavy atom. The van der Waals surface area contributed by atoms with Crippen LogP contribution in [0.1, 0.15) is 38.8 Å². The van der Waals surface area contributed by atoms with Crippen molar-refractivity contribution in [3.63, 3.8) is 0 Å². The Balaban J connectivity index is 0.000000467. The summed E-state index contributed by atoms with van der Waals surface area (Å²) in [5.74, 6) is 79.4. The standard InChI is InChI=1S/C34H3N.C23H22F3N5S2/c1-2-3-4-5-6-7-8-9-10-11-12-13-14-15-16-17-18-19-20-21-22-23-24-25-26-27-28-29-30-31-32-33-34-35;1-6-28-20(32)29-19-22(3,4)31(15-9-7-14(2)8-10-15)21(33)30(19)16-11-12-18(27-5)17(13-16)23(24,25)26/h1H3;7-13H,6H2,1-4H3,(H,28,32). The number of thiocarbonyl (C=S) groups is 2. The quantitative estimate of drug-likeness (QED) is 0.207. The molecule has 11 heteroatoms. The number of hydrogen-bond donors (Lipinski definition) is 1. The zero-order chi connectivity index (χ0) is 49.9. The first-order valence-corrected chi connectivity index (χ1v) is 19.6. The Morgan fingerprint density at radius 2 is 1.03 bits per heavy atom. The van der Waals surface area contributed by atoms with Crippen LogP contribution in [0.4, 0.5) is 30.2 Å². The Bertz CT molecular complexity index is 3580. The molecule has 1 saturated heterocycles. The van der Waals surface area contributed by atoms with E-state index in [9.17, 15) is 13.2 Å². The van der Waals surface area contributed by atoms with E-state index in [0.717, 1.165) is 23.4 Å². The van der Waals surface area contributed by atoms with Crippen LogP contribution in [0.3, 0.4) is 0 Å². The highest BCUT2D eigenvalue weighted by atomic mass is 32.1. The second-order valence-corrected chi connectivity index (χ2v) is 12.9. The molecule has 1 fully saturated rings. The van der Waals surface area contributed by atoms with Gasteiger partial charge in [0.05, 0.1) is 12.1 Å². The number of alkyl halides is 3. The molecule has 1 aliphatic heterocycles. The molecule has 0 aliphatic carbocycles. The number of nitrogens with one attached hydrogen (secondary N) is 1. The number of aryl methyl sites for hydroxylation is 1. The highest BCUT2D eigenvalue weighted by Gasteiger charge is 2.49. The summed E-state index contributed by atoms with van der Waals surface area (Å²) >= 11 is 11.1. The van der Waals surface area contributed by atoms with Crippen LogP contribution in [0, 0.1) is 214 Å². The van der Waals surface area contributed by atoms with Gasteiger partial charge in [-0.15, -0.1) is 0 Å². The molecule has 2 aromatic carbocycles. The summed E-state index contributed by atoms with van der Waals surface area (Å²) in [5, 5.41) is 11.6. The highest BCUT2D eigenvalue weighted by molar-refractivity contribution is 7.81. The smallest absolute Gasteiger partial charge is 0.361 e. The third-order valence-electron chi connectivity index (χ3n) is 7.25. The van der Waals surface area contributed by atoms with Crippen molar-refractivity contribution >= 4 is 57.6 Å². The molecule has 0 amide bonds. The number of aliphatic imine (C=N–C) groups is 1. The summed E-state index contributed by atoms with van der Waals surface area (Å²) in [6.45, 7) is 16.9. The molecule has 0 bridgehead atoms. The van der Waals surface area contributed by atoms with Crippen LogP contribution in [-0.4, -0.2) is 28.1 Å². The summed E-state index contributed by atoms with van der Waals surface area (Å²) in [5.41, 5.74) is -0.353. The fourth-order valence-electron chi connectivity index (χ4n) is 4.62. The van der Waals surface area contributed by atoms with Gasteiger partial charge in [0.25, 0.3) is 0 Å². The molecule has 1 aliphatic rings. The molecular formula is C57H25F3N6S2. The van der Waals surface area contributed by atoms with Crippen molar-refractivity contribution < 1.29 is 13.2 Å². The van der Waals surface area contributed by atoms with E-state index < -0.39 is 23.0 Å². The minimum Gasteiger partial charge on any atom is -0.361 e. The lowest BCUT2D eigenvalue weighted by Crippen LogP contribution is -2.45. The van der Waals surface area contributed by atoms with E-state index in [1.807, 2.05) is 56.9 Å². The molecule has 0 spiro atoms. The average molecular weight is 915 g/mol. The number of anilines is 2. The first-order valence-electron chi connectivity index (χ1n) is 18.8. The van der Waals surface area contributed by atoms with E-state index in [4.69, 9.17) is 36.3 Å². The second-order valence-electron chi connectivity index (χ2n) is 12.2. The van der Waals surface area contributed by atoms with Crippen LogP contribution in [0.25, 0.3) is 4.85 Å². The topological polar surface area (TPSA) is 59.0 Å². The monoisotopic (exact) mass is 914 g/mol. The Hall–Kier alpha value is -10.6. The summed E-state index contributed by atoms with van der Waals surface area (Å²) in [4.78, 5) is 10.9. The number of amidine groups is 1. The van der Waals surface area contributed by atoms with E-state index in [2.05, 4.69) is 205 Å². The number of benzene rings is 2. The normalized spacial score (nSPS) is 10.1. The fourth-order valence-corrected chi connectivity index (χ4v) is 5.38. The van der Waals surface area contributed by atoms with Gasteiger partial charge in [0, 0.05) is 154 Å². The van der Waals surface area contributed by atoms with E-state index in [-0.39, 0.29) is 15.9 Å². The average Bonchev–Trinajstić information content (AvgIpc) is 3.50. The lowest BCUT2D eigenvalue weighted by atomic mass is 10.0. The van der Waals surface area contributed by atoms with E-state index in [1.54, 1.807) is 13.0 Å². The largest absolute Gasteiger partial charge is 0.407 e. The summed E-state index contributed by atoms with van der Waals surface area (Å²) in [7, 11) is 0. The maximum Gasteiger partial charge on any atom is 0.407 e. The van der Waals surface area contributed by atoms with Gasteiger partial charge < -0.3 is 10.2 Å². The molecule has 0 aromatic heterocycles. The fraction of sp³-hybridized carbons (Fsp3) is 0.140. The number of nitrogens with zero attached hydrogens (tertiary/aromatic N) is 5. The third kappa shape index (κ3) is 19.6. The number of hydrogen-bond acceptors (Lipinski definition) is 3. The van der Waals surface area contributed by atoms with Gasteiger partial charge in [-0.2, -0.15) is 18.4 Å². The van der Waals surface area contributed by atoms with Crippen molar-refractivity contribution in [2.24, 2.45) is 4.99 Å². The molecule has 68 heavy (non-hydrogen) atoms. The first kappa shape index (κ1) is 53.6. The van der Waals surface area contributed by atoms with Crippen molar-refractivity contribution in [3.8, 4) is 196 Å². The van der Waals surface area contributed by atoms with Crippen LogP contribution in [-0.2, 0) is 6.18 Å². The van der Waals surface area contributed by atoms with E-state index in [1.165, 1.54) is 11.0 Å². The third-order valence-corrected chi connectivity index (χ3v) is 7.85. The van der Waals surface area contributed by atoms with Crippen molar-refractivity contribution in [1.82, 2.24) is 5.32 Å². The van der Waals surface area contributed by atoms with Gasteiger partial charge in [-0.3, -0.25) is 4.90 Å². The number of rotatable bonds is 3. The zero-order valence-electron chi connectivity index (χ0n) is 36.4. The maximum atomic E-state index is 13.7. The van der Waals surface area contributed by atoms with Crippen LogP contribution >= 0.6 is 24.4 Å². The first-order chi connectivity index (χ1) is 32.8. The Labute approximate surface area is 407 Å². The predicted octanol–water partition coefficient (Wildman–Crippen LogP) is 6.83. The minimum atomic E-state index is -4.69. The van der Waals surface area contributed by atoms with Gasteiger partial charge >= 0.3 is 6.18 Å². The van der Waals surface area contributed by atoms with Gasteiger partial charge in [-0.1, -0.05) is 29.7 Å². The van der Waals surface area contributed by atoms with Crippen LogP contribution in [0.2, 0.25) is 0 Å². The number of halogens is 3. The molecule has 3 rings (SSSR count). The molecule has 1 N–H and O–H groups in total. The highest BCUT2D eigenvalue weighted by Crippen LogP contribution is 2.42. The Kier molecular flexibility index (Phi) is 24.0. The van der Waals surface area contributed by atoms with Gasteiger partial charge in [0.15, 0.2) is 22.0 Å². The van der Waals surface area contributed by atoms with Crippen molar-refractivity contribution in [2.45, 2.75) is 46.3 Å². The van der Waals surface area contributed by atoms with Crippen molar-refractivity contribution in [2.75, 3.05) is 16.3 Å². The van der Waals surface area contributed by atoms with Crippen LogP contribution in [0.5, 0.6) is 0 Å². The van der Waals surface area contributed by atoms with E-state index >= 15 is 0 Å². The summed E-state index contributed by atoms with van der Waals surface area (Å²) in [6.07, 6.45) is -4.69. The Morgan fingerprint density at radius 3 is 1.37 bits per heavy atom. The lowest BCUT2D eigenvalue weighted by molar-refractivity contribution is -0.136. The molecule has 0 saturated carbocycles. The van der Waals surface area contributed by atoms with Crippen LogP contribution < -0.4 is 15.1 Å². The molecule has 1 heterocycles. The van der Waals surface area contributed by atoms with Crippen molar-refractivity contribution in [3.05, 3.63) is 65.0 Å². The van der Waals surface area contributed by atoms with Gasteiger partial charge in [-0.25, -0.2) is 9.84 Å². The molecule has 0 atom stereocenters.